The van der Waals surface area contributed by atoms with E-state index in [9.17, 15) is 10.2 Å². The van der Waals surface area contributed by atoms with Gasteiger partial charge in [-0.1, -0.05) is 0 Å². The average molecular weight is 330 g/mol. The summed E-state index contributed by atoms with van der Waals surface area (Å²) in [6.45, 7) is 0. The van der Waals surface area contributed by atoms with E-state index in [2.05, 4.69) is 0 Å². The average Bonchev–Trinajstić information content (AvgIpc) is 3.35. The van der Waals surface area contributed by atoms with Crippen molar-refractivity contribution in [2.75, 3.05) is 0 Å². The van der Waals surface area contributed by atoms with Gasteiger partial charge in [-0.15, -0.1) is 0 Å². The highest BCUT2D eigenvalue weighted by atomic mass is 16.7. The lowest BCUT2D eigenvalue weighted by Crippen LogP contribution is -2.64. The molecular formula is C15H30N4O4. The molecule has 0 amide bonds. The van der Waals surface area contributed by atoms with E-state index in [1.165, 1.54) is 0 Å². The number of hydrogen-bond donors (Lipinski definition) is 6. The maximum absolute atomic E-state index is 10.2. The van der Waals surface area contributed by atoms with Crippen LogP contribution < -0.4 is 22.9 Å². The molecule has 0 aromatic carbocycles. The van der Waals surface area contributed by atoms with Crippen LogP contribution in [0.5, 0.6) is 0 Å². The fraction of sp³-hybridized carbons (Fsp3) is 1.00. The third-order valence-corrected chi connectivity index (χ3v) is 5.42. The Morgan fingerprint density at radius 2 is 1.61 bits per heavy atom. The number of aliphatic hydroxyl groups excluding tert-OH is 2. The van der Waals surface area contributed by atoms with Gasteiger partial charge in [0.1, 0.15) is 12.2 Å². The van der Waals surface area contributed by atoms with Crippen molar-refractivity contribution in [1.29, 1.82) is 0 Å². The molecule has 0 aromatic heterocycles. The van der Waals surface area contributed by atoms with Gasteiger partial charge in [0.15, 0.2) is 6.29 Å². The molecule has 0 radical (unpaired) electrons. The maximum Gasteiger partial charge on any atom is 0.173 e. The molecule has 2 aliphatic carbocycles. The Bertz CT molecular complexity index is 411. The fourth-order valence-electron chi connectivity index (χ4n) is 3.66. The molecule has 0 aromatic rings. The summed E-state index contributed by atoms with van der Waals surface area (Å²) in [5.74, 6) is 0.525. The lowest BCUT2D eigenvalue weighted by atomic mass is 9.84. The molecule has 3 fully saturated rings. The monoisotopic (exact) mass is 330 g/mol. The molecule has 1 heterocycles. The molecule has 0 spiro atoms. The van der Waals surface area contributed by atoms with E-state index < -0.39 is 36.7 Å². The predicted molar refractivity (Wildman–Crippen MR) is 84.0 cm³/mol. The van der Waals surface area contributed by atoms with Crippen molar-refractivity contribution in [1.82, 2.24) is 0 Å². The second-order valence-corrected chi connectivity index (χ2v) is 7.34. The second-order valence-electron chi connectivity index (χ2n) is 7.34. The molecule has 1 saturated heterocycles. The maximum atomic E-state index is 10.2. The topological polar surface area (TPSA) is 163 Å². The van der Waals surface area contributed by atoms with Crippen LogP contribution in [0.15, 0.2) is 0 Å². The summed E-state index contributed by atoms with van der Waals surface area (Å²) >= 11 is 0. The van der Waals surface area contributed by atoms with E-state index in [4.69, 9.17) is 32.4 Å². The molecule has 1 aliphatic heterocycles. The third-order valence-electron chi connectivity index (χ3n) is 5.42. The minimum Gasteiger partial charge on any atom is -0.389 e. The van der Waals surface area contributed by atoms with Crippen LogP contribution in [0, 0.1) is 5.92 Å². The molecule has 8 heteroatoms. The molecule has 9 atom stereocenters. The first kappa shape index (κ1) is 17.5. The Labute approximate surface area is 136 Å². The van der Waals surface area contributed by atoms with Crippen molar-refractivity contribution >= 4 is 0 Å². The summed E-state index contributed by atoms with van der Waals surface area (Å²) in [7, 11) is 0. The number of ether oxygens (including phenoxy) is 2. The molecule has 0 unspecified atom stereocenters. The molecular weight excluding hydrogens is 300 g/mol. The van der Waals surface area contributed by atoms with Crippen molar-refractivity contribution in [3.63, 3.8) is 0 Å². The Morgan fingerprint density at radius 3 is 2.26 bits per heavy atom. The van der Waals surface area contributed by atoms with Gasteiger partial charge >= 0.3 is 0 Å². The number of nitrogens with two attached hydrogens (primary N) is 4. The Hall–Kier alpha value is -0.320. The molecule has 134 valence electrons. The summed E-state index contributed by atoms with van der Waals surface area (Å²) in [5, 5.41) is 20.2. The quantitative estimate of drug-likeness (QED) is 0.336. The number of aliphatic hydroxyl groups is 2. The van der Waals surface area contributed by atoms with E-state index >= 15 is 0 Å². The SMILES string of the molecule is N[C@@H]1C[C@H](N)[C@@H](O[C@H]2O[C@H]([C@@H](N)C3CC3)CC[C@@H]2N)[C@H](O)[C@H]1O. The van der Waals surface area contributed by atoms with Gasteiger partial charge in [-0.3, -0.25) is 0 Å². The highest BCUT2D eigenvalue weighted by molar-refractivity contribution is 4.98. The van der Waals surface area contributed by atoms with Crippen LogP contribution in [-0.2, 0) is 9.47 Å². The molecule has 2 saturated carbocycles. The lowest BCUT2D eigenvalue weighted by molar-refractivity contribution is -0.256. The van der Waals surface area contributed by atoms with E-state index in [1.807, 2.05) is 0 Å². The predicted octanol–water partition coefficient (Wildman–Crippen LogP) is -2.28. The first-order valence-corrected chi connectivity index (χ1v) is 8.58. The van der Waals surface area contributed by atoms with Gasteiger partial charge in [0.2, 0.25) is 0 Å². The zero-order valence-corrected chi connectivity index (χ0v) is 13.3. The summed E-state index contributed by atoms with van der Waals surface area (Å²) in [6.07, 6.45) is 0.492. The van der Waals surface area contributed by atoms with Gasteiger partial charge in [0.05, 0.1) is 18.2 Å². The van der Waals surface area contributed by atoms with E-state index in [0.29, 0.717) is 12.3 Å². The fourth-order valence-corrected chi connectivity index (χ4v) is 3.66. The van der Waals surface area contributed by atoms with E-state index in [1.54, 1.807) is 0 Å². The highest BCUT2D eigenvalue weighted by Gasteiger charge is 2.45. The van der Waals surface area contributed by atoms with Gasteiger partial charge in [0, 0.05) is 18.1 Å². The van der Waals surface area contributed by atoms with Crippen LogP contribution in [0.1, 0.15) is 32.1 Å². The van der Waals surface area contributed by atoms with Crippen LogP contribution in [0.25, 0.3) is 0 Å². The standard InChI is InChI=1S/C15H30N4O4/c16-7-3-4-10(11(19)6-1-2-6)22-15(7)23-14-9(18)5-8(17)12(20)13(14)21/h6-15,20-21H,1-5,16-19H2/t7-,8+,9-,10-,11-,12-,13+,14+,15+/m0/s1. The molecule has 3 aliphatic rings. The first-order chi connectivity index (χ1) is 10.9. The molecule has 3 rings (SSSR count). The third kappa shape index (κ3) is 3.69. The zero-order valence-electron chi connectivity index (χ0n) is 13.3. The highest BCUT2D eigenvalue weighted by Crippen LogP contribution is 2.36. The van der Waals surface area contributed by atoms with Crippen molar-refractivity contribution < 1.29 is 19.7 Å². The Kier molecular flexibility index (Phi) is 5.24. The Balaban J connectivity index is 1.62. The minimum absolute atomic E-state index is 0.00225. The smallest absolute Gasteiger partial charge is 0.173 e. The van der Waals surface area contributed by atoms with Crippen LogP contribution in [0.2, 0.25) is 0 Å². The Morgan fingerprint density at radius 1 is 0.913 bits per heavy atom. The summed E-state index contributed by atoms with van der Waals surface area (Å²) in [5.41, 5.74) is 24.1. The number of rotatable bonds is 4. The van der Waals surface area contributed by atoms with E-state index in [-0.39, 0.29) is 18.2 Å². The van der Waals surface area contributed by atoms with Crippen molar-refractivity contribution in [2.24, 2.45) is 28.9 Å². The van der Waals surface area contributed by atoms with Crippen LogP contribution in [-0.4, -0.2) is 65.1 Å². The molecule has 0 bridgehead atoms. The summed E-state index contributed by atoms with van der Waals surface area (Å²) < 4.78 is 11.8. The largest absolute Gasteiger partial charge is 0.389 e. The van der Waals surface area contributed by atoms with Gasteiger partial charge in [0.25, 0.3) is 0 Å². The summed E-state index contributed by atoms with van der Waals surface area (Å²) in [6, 6.07) is -1.34. The van der Waals surface area contributed by atoms with Gasteiger partial charge in [-0.05, 0) is 38.0 Å². The van der Waals surface area contributed by atoms with Crippen LogP contribution in [0.4, 0.5) is 0 Å². The van der Waals surface area contributed by atoms with Gasteiger partial charge < -0.3 is 42.6 Å². The second kappa shape index (κ2) is 6.89. The normalized spacial score (nSPS) is 49.8. The molecule has 8 nitrogen and oxygen atoms in total. The van der Waals surface area contributed by atoms with Crippen molar-refractivity contribution in [3.05, 3.63) is 0 Å². The zero-order chi connectivity index (χ0) is 16.7. The summed E-state index contributed by atoms with van der Waals surface area (Å²) in [4.78, 5) is 0. The molecule has 23 heavy (non-hydrogen) atoms. The van der Waals surface area contributed by atoms with Crippen LogP contribution in [0.3, 0.4) is 0 Å². The van der Waals surface area contributed by atoms with Gasteiger partial charge in [-0.25, -0.2) is 0 Å². The first-order valence-electron chi connectivity index (χ1n) is 8.58. The lowest BCUT2D eigenvalue weighted by Gasteiger charge is -2.44. The van der Waals surface area contributed by atoms with Crippen molar-refractivity contribution in [2.45, 2.75) is 87.0 Å². The van der Waals surface area contributed by atoms with Crippen molar-refractivity contribution in [3.8, 4) is 0 Å². The number of hydrogen-bond acceptors (Lipinski definition) is 8. The minimum atomic E-state index is -1.15. The van der Waals surface area contributed by atoms with E-state index in [0.717, 1.165) is 25.7 Å². The molecule has 10 N–H and O–H groups in total. The van der Waals surface area contributed by atoms with Crippen LogP contribution >= 0.6 is 0 Å². The van der Waals surface area contributed by atoms with Gasteiger partial charge in [-0.2, -0.15) is 0 Å².